The number of carbonyl (C=O) groups is 1. The maximum absolute atomic E-state index is 13.0. The number of rotatable bonds is 42. The molecule has 0 rings (SSSR count). The predicted octanol–water partition coefficient (Wildman–Crippen LogP) is 10.1. The summed E-state index contributed by atoms with van der Waals surface area (Å²) in [5, 5.41) is 35.0. The highest BCUT2D eigenvalue weighted by atomic mass is 31.2. The molecule has 0 spiro atoms. The number of unbranched alkanes of at least 4 members (excludes halogenated alkanes) is 25. The first-order chi connectivity index (χ1) is 26.7. The van der Waals surface area contributed by atoms with Gasteiger partial charge in [0.15, 0.2) is 0 Å². The summed E-state index contributed by atoms with van der Waals surface area (Å²) in [6, 6.07) is -1.24. The van der Waals surface area contributed by atoms with E-state index in [9.17, 15) is 29.6 Å². The SMILES string of the molecule is CCCCCCCCCCCCCCCCCCCCCC(O)C(=O)N[C@@H](COP(=O)([O-])OCC[N+](C)(C)C)[C@H](O)[C@H](O)CCCCCCCCCCC(C)C. The van der Waals surface area contributed by atoms with Gasteiger partial charge >= 0.3 is 0 Å². The van der Waals surface area contributed by atoms with Gasteiger partial charge in [-0.25, -0.2) is 0 Å². The van der Waals surface area contributed by atoms with Crippen LogP contribution in [0.25, 0.3) is 0 Å². The van der Waals surface area contributed by atoms with E-state index in [0.717, 1.165) is 44.4 Å². The van der Waals surface area contributed by atoms with Crippen molar-refractivity contribution in [2.24, 2.45) is 5.92 Å². The van der Waals surface area contributed by atoms with E-state index in [1.54, 1.807) is 0 Å². The molecule has 10 nitrogen and oxygen atoms in total. The van der Waals surface area contributed by atoms with Crippen molar-refractivity contribution < 1.29 is 43.1 Å². The largest absolute Gasteiger partial charge is 0.756 e. The quantitative estimate of drug-likeness (QED) is 0.0270. The number of aliphatic hydroxyl groups is 3. The number of carbonyl (C=O) groups excluding carboxylic acids is 1. The number of quaternary nitrogens is 1. The van der Waals surface area contributed by atoms with Crippen LogP contribution in [0.3, 0.4) is 0 Å². The Morgan fingerprint density at radius 1 is 0.607 bits per heavy atom. The van der Waals surface area contributed by atoms with Gasteiger partial charge in [-0.15, -0.1) is 0 Å². The van der Waals surface area contributed by atoms with Gasteiger partial charge in [-0.3, -0.25) is 9.36 Å². The molecule has 0 fully saturated rings. The van der Waals surface area contributed by atoms with Crippen molar-refractivity contribution in [3.8, 4) is 0 Å². The third-order valence-corrected chi connectivity index (χ3v) is 11.9. The molecule has 0 aliphatic rings. The van der Waals surface area contributed by atoms with E-state index in [-0.39, 0.29) is 13.0 Å². The first-order valence-corrected chi connectivity index (χ1v) is 24.9. The molecule has 0 saturated heterocycles. The molecule has 56 heavy (non-hydrogen) atoms. The fraction of sp³-hybridized carbons (Fsp3) is 0.978. The van der Waals surface area contributed by atoms with Crippen LogP contribution in [0.15, 0.2) is 0 Å². The number of likely N-dealkylation sites (N-methyl/N-ethyl adjacent to an activating group) is 1. The molecule has 0 aliphatic carbocycles. The van der Waals surface area contributed by atoms with E-state index in [4.69, 9.17) is 9.05 Å². The molecule has 0 radical (unpaired) electrons. The molecule has 0 aromatic carbocycles. The molecule has 4 N–H and O–H groups in total. The molecule has 5 atom stereocenters. The second kappa shape index (κ2) is 36.3. The van der Waals surface area contributed by atoms with Gasteiger partial charge in [-0.05, 0) is 18.8 Å². The minimum Gasteiger partial charge on any atom is -0.756 e. The molecule has 336 valence electrons. The fourth-order valence-corrected chi connectivity index (χ4v) is 7.82. The van der Waals surface area contributed by atoms with Crippen LogP contribution in [0.5, 0.6) is 0 Å². The summed E-state index contributed by atoms with van der Waals surface area (Å²) in [6.07, 6.45) is 30.8. The molecule has 0 heterocycles. The lowest BCUT2D eigenvalue weighted by atomic mass is 9.99. The molecule has 0 aromatic heterocycles. The molecule has 0 saturated carbocycles. The van der Waals surface area contributed by atoms with E-state index in [1.165, 1.54) is 128 Å². The zero-order chi connectivity index (χ0) is 41.9. The summed E-state index contributed by atoms with van der Waals surface area (Å²) < 4.78 is 23.1. The standard InChI is InChI=1S/C45H93N2O8P/c1-7-8-9-10-11-12-13-14-15-16-17-18-19-20-21-22-27-30-33-36-43(49)45(51)46-41(39-55-56(52,53)54-38-37-47(4,5)6)44(50)42(48)35-32-29-26-24-23-25-28-31-34-40(2)3/h40-44,48-50H,7-39H2,1-6H3,(H-,46,51,52,53)/t41-,42+,43?,44-/m0/s1. The first kappa shape index (κ1) is 55.4. The lowest BCUT2D eigenvalue weighted by Gasteiger charge is -2.31. The third-order valence-electron chi connectivity index (χ3n) is 11.0. The Morgan fingerprint density at radius 3 is 1.38 bits per heavy atom. The van der Waals surface area contributed by atoms with Gasteiger partial charge in [0.05, 0.1) is 39.9 Å². The molecule has 0 aliphatic heterocycles. The van der Waals surface area contributed by atoms with Crippen molar-refractivity contribution in [3.05, 3.63) is 0 Å². The van der Waals surface area contributed by atoms with Gasteiger partial charge in [0.2, 0.25) is 5.91 Å². The van der Waals surface area contributed by atoms with E-state index in [2.05, 4.69) is 26.1 Å². The lowest BCUT2D eigenvalue weighted by molar-refractivity contribution is -0.870. The predicted molar refractivity (Wildman–Crippen MR) is 231 cm³/mol. The number of hydrogen-bond donors (Lipinski definition) is 4. The minimum atomic E-state index is -4.74. The fourth-order valence-electron chi connectivity index (χ4n) is 7.09. The normalized spacial score (nSPS) is 15.5. The van der Waals surface area contributed by atoms with Crippen molar-refractivity contribution in [2.45, 2.75) is 238 Å². The highest BCUT2D eigenvalue weighted by Gasteiger charge is 2.31. The number of nitrogens with one attached hydrogen (secondary N) is 1. The Hall–Kier alpha value is -0.580. The number of hydrogen-bond acceptors (Lipinski definition) is 8. The molecule has 11 heteroatoms. The highest BCUT2D eigenvalue weighted by Crippen LogP contribution is 2.38. The number of nitrogens with zero attached hydrogens (tertiary/aromatic N) is 1. The van der Waals surface area contributed by atoms with Gasteiger partial charge in [0.1, 0.15) is 25.4 Å². The van der Waals surface area contributed by atoms with Crippen LogP contribution in [0.2, 0.25) is 0 Å². The summed E-state index contributed by atoms with van der Waals surface area (Å²) in [4.78, 5) is 25.5. The number of aliphatic hydroxyl groups excluding tert-OH is 3. The van der Waals surface area contributed by atoms with Crippen LogP contribution in [0, 0.1) is 5.92 Å². The van der Waals surface area contributed by atoms with Crippen LogP contribution in [-0.2, 0) is 18.4 Å². The molecule has 1 amide bonds. The maximum atomic E-state index is 13.0. The Kier molecular flexibility index (Phi) is 35.9. The van der Waals surface area contributed by atoms with Crippen molar-refractivity contribution >= 4 is 13.7 Å². The number of amides is 1. The Labute approximate surface area is 345 Å². The van der Waals surface area contributed by atoms with Crippen LogP contribution >= 0.6 is 7.82 Å². The van der Waals surface area contributed by atoms with Crippen LogP contribution < -0.4 is 10.2 Å². The van der Waals surface area contributed by atoms with Crippen LogP contribution in [0.1, 0.15) is 213 Å². The van der Waals surface area contributed by atoms with E-state index < -0.39 is 44.7 Å². The average Bonchev–Trinajstić information content (AvgIpc) is 3.13. The lowest BCUT2D eigenvalue weighted by Crippen LogP contribution is -2.53. The van der Waals surface area contributed by atoms with Gasteiger partial charge < -0.3 is 39.1 Å². The van der Waals surface area contributed by atoms with E-state index >= 15 is 0 Å². The smallest absolute Gasteiger partial charge is 0.268 e. The number of phosphoric acid groups is 1. The maximum Gasteiger partial charge on any atom is 0.268 e. The molecular formula is C45H93N2O8P. The first-order valence-electron chi connectivity index (χ1n) is 23.4. The topological polar surface area (TPSA) is 148 Å². The highest BCUT2D eigenvalue weighted by molar-refractivity contribution is 7.45. The van der Waals surface area contributed by atoms with Crippen LogP contribution in [0.4, 0.5) is 0 Å². The summed E-state index contributed by atoms with van der Waals surface area (Å²) in [5.41, 5.74) is 0. The Morgan fingerprint density at radius 2 is 0.982 bits per heavy atom. The van der Waals surface area contributed by atoms with Crippen molar-refractivity contribution in [1.29, 1.82) is 0 Å². The summed E-state index contributed by atoms with van der Waals surface area (Å²) in [7, 11) is 0.988. The molecular weight excluding hydrogens is 727 g/mol. The van der Waals surface area contributed by atoms with Crippen molar-refractivity contribution in [2.75, 3.05) is 40.9 Å². The monoisotopic (exact) mass is 821 g/mol. The summed E-state index contributed by atoms with van der Waals surface area (Å²) in [6.45, 7) is 6.52. The number of phosphoric ester groups is 1. The van der Waals surface area contributed by atoms with Crippen molar-refractivity contribution in [1.82, 2.24) is 5.32 Å². The summed E-state index contributed by atoms with van der Waals surface area (Å²) >= 11 is 0. The molecule has 2 unspecified atom stereocenters. The third kappa shape index (κ3) is 36.5. The van der Waals surface area contributed by atoms with Gasteiger partial charge in [0.25, 0.3) is 7.82 Å². The molecule has 0 aromatic rings. The zero-order valence-corrected chi connectivity index (χ0v) is 38.4. The second-order valence-electron chi connectivity index (χ2n) is 18.2. The molecule has 0 bridgehead atoms. The van der Waals surface area contributed by atoms with Gasteiger partial charge in [-0.1, -0.05) is 201 Å². The second-order valence-corrected chi connectivity index (χ2v) is 19.6. The Bertz CT molecular complexity index is 934. The van der Waals surface area contributed by atoms with Crippen LogP contribution in [-0.4, -0.2) is 91.0 Å². The minimum absolute atomic E-state index is 0.0808. The summed E-state index contributed by atoms with van der Waals surface area (Å²) in [5.74, 6) is 0.0397. The zero-order valence-electron chi connectivity index (χ0n) is 37.5. The average molecular weight is 821 g/mol. The van der Waals surface area contributed by atoms with Crippen molar-refractivity contribution in [3.63, 3.8) is 0 Å². The van der Waals surface area contributed by atoms with Gasteiger partial charge in [-0.2, -0.15) is 0 Å². The van der Waals surface area contributed by atoms with E-state index in [0.29, 0.717) is 30.3 Å². The van der Waals surface area contributed by atoms with E-state index in [1.807, 2.05) is 21.1 Å². The Balaban J connectivity index is 4.49. The van der Waals surface area contributed by atoms with Gasteiger partial charge in [0, 0.05) is 0 Å².